The second-order valence-electron chi connectivity index (χ2n) is 6.21. The van der Waals surface area contributed by atoms with Gasteiger partial charge in [0.05, 0.1) is 10.6 Å². The van der Waals surface area contributed by atoms with Gasteiger partial charge >= 0.3 is 0 Å². The van der Waals surface area contributed by atoms with Crippen LogP contribution in [0.4, 0.5) is 5.69 Å². The minimum atomic E-state index is -0.383. The van der Waals surface area contributed by atoms with Crippen LogP contribution in [0.2, 0.25) is 5.02 Å². The van der Waals surface area contributed by atoms with Crippen LogP contribution >= 0.6 is 24.0 Å². The van der Waals surface area contributed by atoms with Crippen molar-refractivity contribution in [1.82, 2.24) is 5.32 Å². The third-order valence-corrected chi connectivity index (χ3v) is 4.37. The molecule has 3 rings (SSSR count). The molecule has 1 aliphatic rings. The van der Waals surface area contributed by atoms with Gasteiger partial charge in [-0.15, -0.1) is 12.4 Å². The third kappa shape index (κ3) is 5.46. The topological polar surface area (TPSA) is 84.2 Å². The standard InChI is InChI=1S/C19H20ClN3O2.ClH/c20-16-9-8-14(10-15(16)19(25)23-13-6-7-13)22-18(24)11-17(21)12-4-2-1-3-5-12;/h1-5,8-10,13,17H,6-7,11,21H2,(H,22,24)(H,23,25);1H. The van der Waals surface area contributed by atoms with Gasteiger partial charge in [-0.2, -0.15) is 0 Å². The smallest absolute Gasteiger partial charge is 0.253 e. The number of hydrogen-bond acceptors (Lipinski definition) is 3. The van der Waals surface area contributed by atoms with Crippen LogP contribution in [0.5, 0.6) is 0 Å². The Morgan fingerprint density at radius 2 is 1.85 bits per heavy atom. The molecular weight excluding hydrogens is 373 g/mol. The fourth-order valence-electron chi connectivity index (χ4n) is 2.50. The lowest BCUT2D eigenvalue weighted by Gasteiger charge is -2.13. The molecule has 4 N–H and O–H groups in total. The summed E-state index contributed by atoms with van der Waals surface area (Å²) in [5.41, 5.74) is 7.85. The summed E-state index contributed by atoms with van der Waals surface area (Å²) in [4.78, 5) is 24.4. The highest BCUT2D eigenvalue weighted by molar-refractivity contribution is 6.34. The van der Waals surface area contributed by atoms with Crippen molar-refractivity contribution in [2.24, 2.45) is 5.73 Å². The summed E-state index contributed by atoms with van der Waals surface area (Å²) in [6.45, 7) is 0. The van der Waals surface area contributed by atoms with Crippen LogP contribution in [0, 0.1) is 0 Å². The lowest BCUT2D eigenvalue weighted by Crippen LogP contribution is -2.26. The number of rotatable bonds is 6. The van der Waals surface area contributed by atoms with E-state index >= 15 is 0 Å². The molecule has 1 atom stereocenters. The van der Waals surface area contributed by atoms with Crippen LogP contribution in [0.15, 0.2) is 48.5 Å². The Kier molecular flexibility index (Phi) is 7.03. The molecule has 26 heavy (non-hydrogen) atoms. The van der Waals surface area contributed by atoms with Gasteiger partial charge in [0.25, 0.3) is 5.91 Å². The molecule has 0 heterocycles. The van der Waals surface area contributed by atoms with Gasteiger partial charge in [0.2, 0.25) is 5.91 Å². The third-order valence-electron chi connectivity index (χ3n) is 4.04. The zero-order valence-corrected chi connectivity index (χ0v) is 15.6. The molecule has 0 radical (unpaired) electrons. The molecule has 0 saturated heterocycles. The maximum atomic E-state index is 12.2. The molecule has 2 aromatic rings. The fraction of sp³-hybridized carbons (Fsp3) is 0.263. The molecule has 2 amide bonds. The predicted octanol–water partition coefficient (Wildman–Crippen LogP) is 3.68. The second-order valence-corrected chi connectivity index (χ2v) is 6.62. The van der Waals surface area contributed by atoms with Crippen molar-refractivity contribution in [3.05, 3.63) is 64.7 Å². The summed E-state index contributed by atoms with van der Waals surface area (Å²) in [6, 6.07) is 14.2. The summed E-state index contributed by atoms with van der Waals surface area (Å²) in [7, 11) is 0. The Morgan fingerprint density at radius 1 is 1.15 bits per heavy atom. The van der Waals surface area contributed by atoms with Crippen molar-refractivity contribution in [2.45, 2.75) is 31.3 Å². The van der Waals surface area contributed by atoms with Gasteiger partial charge < -0.3 is 16.4 Å². The number of carbonyl (C=O) groups is 2. The largest absolute Gasteiger partial charge is 0.349 e. The van der Waals surface area contributed by atoms with Crippen LogP contribution in [0.25, 0.3) is 0 Å². The van der Waals surface area contributed by atoms with Crippen molar-refractivity contribution >= 4 is 41.5 Å². The average Bonchev–Trinajstić information content (AvgIpc) is 3.41. The zero-order chi connectivity index (χ0) is 17.8. The van der Waals surface area contributed by atoms with Crippen molar-refractivity contribution in [1.29, 1.82) is 0 Å². The minimum Gasteiger partial charge on any atom is -0.349 e. The molecule has 138 valence electrons. The van der Waals surface area contributed by atoms with Gasteiger partial charge in [0.15, 0.2) is 0 Å². The summed E-state index contributed by atoms with van der Waals surface area (Å²) < 4.78 is 0. The van der Waals surface area contributed by atoms with Crippen molar-refractivity contribution in [3.8, 4) is 0 Å². The summed E-state index contributed by atoms with van der Waals surface area (Å²) in [5, 5.41) is 6.02. The van der Waals surface area contributed by atoms with Gasteiger partial charge in [-0.05, 0) is 36.6 Å². The van der Waals surface area contributed by atoms with E-state index in [2.05, 4.69) is 10.6 Å². The van der Waals surface area contributed by atoms with E-state index in [1.165, 1.54) is 0 Å². The second kappa shape index (κ2) is 9.03. The predicted molar refractivity (Wildman–Crippen MR) is 106 cm³/mol. The van der Waals surface area contributed by atoms with Gasteiger partial charge in [-0.1, -0.05) is 41.9 Å². The SMILES string of the molecule is Cl.NC(CC(=O)Nc1ccc(Cl)c(C(=O)NC2CC2)c1)c1ccccc1. The molecule has 1 fully saturated rings. The van der Waals surface area contributed by atoms with Gasteiger partial charge in [-0.3, -0.25) is 9.59 Å². The van der Waals surface area contributed by atoms with Gasteiger partial charge in [0.1, 0.15) is 0 Å². The molecule has 1 saturated carbocycles. The van der Waals surface area contributed by atoms with Crippen molar-refractivity contribution in [3.63, 3.8) is 0 Å². The Bertz CT molecular complexity index is 780. The highest BCUT2D eigenvalue weighted by Gasteiger charge is 2.25. The molecule has 2 aromatic carbocycles. The molecule has 1 unspecified atom stereocenters. The highest BCUT2D eigenvalue weighted by atomic mass is 35.5. The van der Waals surface area contributed by atoms with Crippen LogP contribution in [-0.2, 0) is 4.79 Å². The Labute approximate surface area is 163 Å². The molecule has 0 aromatic heterocycles. The molecule has 0 bridgehead atoms. The maximum absolute atomic E-state index is 12.2. The van der Waals surface area contributed by atoms with E-state index in [0.717, 1.165) is 18.4 Å². The highest BCUT2D eigenvalue weighted by Crippen LogP contribution is 2.24. The minimum absolute atomic E-state index is 0. The molecule has 0 spiro atoms. The number of halogens is 2. The normalized spacial score (nSPS) is 14.1. The molecule has 0 aliphatic heterocycles. The van der Waals surface area contributed by atoms with Gasteiger partial charge in [0, 0.05) is 24.2 Å². The number of nitrogens with one attached hydrogen (secondary N) is 2. The maximum Gasteiger partial charge on any atom is 0.253 e. The van der Waals surface area contributed by atoms with Crippen LogP contribution in [-0.4, -0.2) is 17.9 Å². The van der Waals surface area contributed by atoms with E-state index in [1.807, 2.05) is 30.3 Å². The van der Waals surface area contributed by atoms with Crippen LogP contribution < -0.4 is 16.4 Å². The summed E-state index contributed by atoms with van der Waals surface area (Å²) in [5.74, 6) is -0.434. The van der Waals surface area contributed by atoms with E-state index in [9.17, 15) is 9.59 Å². The lowest BCUT2D eigenvalue weighted by molar-refractivity contribution is -0.116. The van der Waals surface area contributed by atoms with E-state index in [1.54, 1.807) is 18.2 Å². The Morgan fingerprint density at radius 3 is 2.50 bits per heavy atom. The van der Waals surface area contributed by atoms with Gasteiger partial charge in [-0.25, -0.2) is 0 Å². The van der Waals surface area contributed by atoms with E-state index < -0.39 is 0 Å². The summed E-state index contributed by atoms with van der Waals surface area (Å²) >= 11 is 6.10. The quantitative estimate of drug-likeness (QED) is 0.699. The lowest BCUT2D eigenvalue weighted by atomic mass is 10.0. The number of benzene rings is 2. The van der Waals surface area contributed by atoms with E-state index in [4.69, 9.17) is 17.3 Å². The molecular formula is C19H21Cl2N3O2. The fourth-order valence-corrected chi connectivity index (χ4v) is 2.70. The zero-order valence-electron chi connectivity index (χ0n) is 14.1. The number of nitrogens with two attached hydrogens (primary N) is 1. The number of carbonyl (C=O) groups excluding carboxylic acids is 2. The van der Waals surface area contributed by atoms with Crippen molar-refractivity contribution < 1.29 is 9.59 Å². The number of hydrogen-bond donors (Lipinski definition) is 3. The number of anilines is 1. The van der Waals surface area contributed by atoms with E-state index in [-0.39, 0.29) is 42.7 Å². The summed E-state index contributed by atoms with van der Waals surface area (Å²) in [6.07, 6.45) is 2.14. The number of amides is 2. The van der Waals surface area contributed by atoms with E-state index in [0.29, 0.717) is 16.3 Å². The molecule has 1 aliphatic carbocycles. The van der Waals surface area contributed by atoms with Crippen LogP contribution in [0.1, 0.15) is 41.2 Å². The first-order chi connectivity index (χ1) is 12.0. The Hall–Kier alpha value is -2.08. The first-order valence-electron chi connectivity index (χ1n) is 8.23. The monoisotopic (exact) mass is 393 g/mol. The molecule has 5 nitrogen and oxygen atoms in total. The van der Waals surface area contributed by atoms with Crippen molar-refractivity contribution in [2.75, 3.05) is 5.32 Å². The molecule has 7 heteroatoms. The average molecular weight is 394 g/mol. The first-order valence-corrected chi connectivity index (χ1v) is 8.61. The first kappa shape index (κ1) is 20.2. The van der Waals surface area contributed by atoms with Crippen LogP contribution in [0.3, 0.4) is 0 Å². The Balaban J connectivity index is 0.00000243.